The van der Waals surface area contributed by atoms with Crippen molar-refractivity contribution in [3.8, 4) is 6.01 Å². The molecule has 3 nitrogen and oxygen atoms in total. The summed E-state index contributed by atoms with van der Waals surface area (Å²) in [5.74, 6) is 0.550. The molecule has 2 heterocycles. The van der Waals surface area contributed by atoms with Crippen molar-refractivity contribution in [3.05, 3.63) is 23.3 Å². The molecule has 0 saturated heterocycles. The molecule has 1 aromatic heterocycles. The van der Waals surface area contributed by atoms with Gasteiger partial charge in [0, 0.05) is 6.54 Å². The largest absolute Gasteiger partial charge is 0.468 e. The standard InChI is InChI=1S/C14H18N2O/c1-9(2)11-7-10-5-4-6-16-13(10)12(8-11)15-14(16)17-3/h7-9H,4-6H2,1-3H3. The van der Waals surface area contributed by atoms with Gasteiger partial charge in [0.2, 0.25) is 0 Å². The van der Waals surface area contributed by atoms with Crippen molar-refractivity contribution in [2.45, 2.75) is 39.2 Å². The van der Waals surface area contributed by atoms with E-state index in [0.29, 0.717) is 5.92 Å². The number of benzene rings is 1. The Labute approximate surface area is 101 Å². The molecule has 90 valence electrons. The smallest absolute Gasteiger partial charge is 0.297 e. The van der Waals surface area contributed by atoms with E-state index in [9.17, 15) is 0 Å². The molecule has 0 aliphatic carbocycles. The Balaban J connectivity index is 2.31. The Hall–Kier alpha value is -1.51. The van der Waals surface area contributed by atoms with Gasteiger partial charge in [-0.1, -0.05) is 19.9 Å². The molecule has 2 aromatic rings. The van der Waals surface area contributed by atoms with Crippen LogP contribution in [-0.2, 0) is 13.0 Å². The predicted molar refractivity (Wildman–Crippen MR) is 68.7 cm³/mol. The third-order valence-electron chi connectivity index (χ3n) is 3.59. The fraction of sp³-hybridized carbons (Fsp3) is 0.500. The normalized spacial score (nSPS) is 14.6. The summed E-state index contributed by atoms with van der Waals surface area (Å²) in [6, 6.07) is 5.29. The van der Waals surface area contributed by atoms with Gasteiger partial charge >= 0.3 is 0 Å². The van der Waals surface area contributed by atoms with Gasteiger partial charge in [-0.25, -0.2) is 0 Å². The lowest BCUT2D eigenvalue weighted by atomic mass is 9.96. The van der Waals surface area contributed by atoms with Crippen molar-refractivity contribution in [2.24, 2.45) is 0 Å². The summed E-state index contributed by atoms with van der Waals surface area (Å²) in [5, 5.41) is 0. The molecule has 0 N–H and O–H groups in total. The Morgan fingerprint density at radius 3 is 2.88 bits per heavy atom. The predicted octanol–water partition coefficient (Wildman–Crippen LogP) is 3.11. The number of ether oxygens (including phenoxy) is 1. The molecular weight excluding hydrogens is 212 g/mol. The fourth-order valence-corrected chi connectivity index (χ4v) is 2.67. The topological polar surface area (TPSA) is 27.1 Å². The lowest BCUT2D eigenvalue weighted by Gasteiger charge is -2.17. The van der Waals surface area contributed by atoms with E-state index in [1.165, 1.54) is 23.1 Å². The molecule has 0 bridgehead atoms. The van der Waals surface area contributed by atoms with Crippen LogP contribution in [0.15, 0.2) is 12.1 Å². The number of hydrogen-bond donors (Lipinski definition) is 0. The van der Waals surface area contributed by atoms with Crippen LogP contribution in [-0.4, -0.2) is 16.7 Å². The van der Waals surface area contributed by atoms with Gasteiger partial charge in [0.15, 0.2) is 0 Å². The summed E-state index contributed by atoms with van der Waals surface area (Å²) in [5.41, 5.74) is 5.16. The van der Waals surface area contributed by atoms with Crippen LogP contribution in [0.3, 0.4) is 0 Å². The molecule has 0 radical (unpaired) electrons. The second-order valence-electron chi connectivity index (χ2n) is 5.06. The molecule has 3 rings (SSSR count). The third-order valence-corrected chi connectivity index (χ3v) is 3.59. The molecule has 0 unspecified atom stereocenters. The molecule has 17 heavy (non-hydrogen) atoms. The van der Waals surface area contributed by atoms with E-state index in [1.54, 1.807) is 7.11 Å². The number of imidazole rings is 1. The second kappa shape index (κ2) is 3.76. The van der Waals surface area contributed by atoms with Gasteiger partial charge in [-0.15, -0.1) is 0 Å². The molecule has 0 spiro atoms. The van der Waals surface area contributed by atoms with E-state index < -0.39 is 0 Å². The highest BCUT2D eigenvalue weighted by Crippen LogP contribution is 2.32. The van der Waals surface area contributed by atoms with Crippen LogP contribution in [0.2, 0.25) is 0 Å². The highest BCUT2D eigenvalue weighted by Gasteiger charge is 2.19. The average Bonchev–Trinajstić information content (AvgIpc) is 2.69. The van der Waals surface area contributed by atoms with Gasteiger partial charge in [-0.05, 0) is 36.0 Å². The van der Waals surface area contributed by atoms with Crippen LogP contribution in [0.25, 0.3) is 11.0 Å². The Bertz CT molecular complexity index is 569. The fourth-order valence-electron chi connectivity index (χ4n) is 2.67. The maximum Gasteiger partial charge on any atom is 0.297 e. The summed E-state index contributed by atoms with van der Waals surface area (Å²) in [6.07, 6.45) is 2.34. The van der Waals surface area contributed by atoms with Crippen molar-refractivity contribution in [2.75, 3.05) is 7.11 Å². The van der Waals surface area contributed by atoms with Crippen LogP contribution < -0.4 is 4.74 Å². The molecule has 1 aliphatic heterocycles. The minimum Gasteiger partial charge on any atom is -0.468 e. The molecule has 0 fully saturated rings. The second-order valence-corrected chi connectivity index (χ2v) is 5.06. The van der Waals surface area contributed by atoms with Gasteiger partial charge < -0.3 is 4.74 Å². The van der Waals surface area contributed by atoms with Gasteiger partial charge in [-0.2, -0.15) is 4.98 Å². The first-order chi connectivity index (χ1) is 8.20. The van der Waals surface area contributed by atoms with Crippen molar-refractivity contribution in [3.63, 3.8) is 0 Å². The van der Waals surface area contributed by atoms with E-state index in [2.05, 4.69) is 35.5 Å². The Morgan fingerprint density at radius 1 is 1.35 bits per heavy atom. The first kappa shape index (κ1) is 10.6. The number of aryl methyl sites for hydroxylation is 2. The number of methoxy groups -OCH3 is 1. The lowest BCUT2D eigenvalue weighted by Crippen LogP contribution is -2.09. The molecule has 0 atom stereocenters. The van der Waals surface area contributed by atoms with Crippen LogP contribution in [0.5, 0.6) is 6.01 Å². The molecule has 3 heteroatoms. The van der Waals surface area contributed by atoms with Crippen molar-refractivity contribution < 1.29 is 4.74 Å². The van der Waals surface area contributed by atoms with E-state index in [4.69, 9.17) is 4.74 Å². The Kier molecular flexibility index (Phi) is 2.35. The van der Waals surface area contributed by atoms with E-state index in [1.807, 2.05) is 0 Å². The summed E-state index contributed by atoms with van der Waals surface area (Å²) < 4.78 is 7.57. The van der Waals surface area contributed by atoms with Gasteiger partial charge in [-0.3, -0.25) is 4.57 Å². The molecule has 1 aliphatic rings. The molecule has 1 aromatic carbocycles. The zero-order chi connectivity index (χ0) is 12.0. The van der Waals surface area contributed by atoms with Crippen molar-refractivity contribution in [1.82, 2.24) is 9.55 Å². The quantitative estimate of drug-likeness (QED) is 0.792. The number of aromatic nitrogens is 2. The number of hydrogen-bond acceptors (Lipinski definition) is 2. The molecule has 0 amide bonds. The minimum atomic E-state index is 0.550. The van der Waals surface area contributed by atoms with Crippen LogP contribution in [0.1, 0.15) is 37.3 Å². The van der Waals surface area contributed by atoms with Crippen LogP contribution >= 0.6 is 0 Å². The molecular formula is C14H18N2O. The van der Waals surface area contributed by atoms with E-state index in [-0.39, 0.29) is 0 Å². The monoisotopic (exact) mass is 230 g/mol. The number of rotatable bonds is 2. The zero-order valence-corrected chi connectivity index (χ0v) is 10.7. The summed E-state index contributed by atoms with van der Waals surface area (Å²) in [6.45, 7) is 5.48. The SMILES string of the molecule is COc1nc2cc(C(C)C)cc3c2n1CCC3. The van der Waals surface area contributed by atoms with Crippen molar-refractivity contribution >= 4 is 11.0 Å². The highest BCUT2D eigenvalue weighted by atomic mass is 16.5. The zero-order valence-electron chi connectivity index (χ0n) is 10.7. The highest BCUT2D eigenvalue weighted by molar-refractivity contribution is 5.82. The number of nitrogens with zero attached hydrogens (tertiary/aromatic N) is 2. The maximum atomic E-state index is 5.36. The summed E-state index contributed by atoms with van der Waals surface area (Å²) >= 11 is 0. The van der Waals surface area contributed by atoms with Crippen molar-refractivity contribution in [1.29, 1.82) is 0 Å². The van der Waals surface area contributed by atoms with Crippen LogP contribution in [0, 0.1) is 0 Å². The van der Waals surface area contributed by atoms with E-state index >= 15 is 0 Å². The summed E-state index contributed by atoms with van der Waals surface area (Å²) in [7, 11) is 1.70. The van der Waals surface area contributed by atoms with E-state index in [0.717, 1.165) is 24.5 Å². The first-order valence-electron chi connectivity index (χ1n) is 6.27. The third kappa shape index (κ3) is 1.53. The maximum absolute atomic E-state index is 5.36. The van der Waals surface area contributed by atoms with Crippen LogP contribution in [0.4, 0.5) is 0 Å². The summed E-state index contributed by atoms with van der Waals surface area (Å²) in [4.78, 5) is 4.59. The lowest BCUT2D eigenvalue weighted by molar-refractivity contribution is 0.356. The van der Waals surface area contributed by atoms with Gasteiger partial charge in [0.25, 0.3) is 6.01 Å². The Morgan fingerprint density at radius 2 is 2.18 bits per heavy atom. The first-order valence-corrected chi connectivity index (χ1v) is 6.27. The van der Waals surface area contributed by atoms with Gasteiger partial charge in [0.1, 0.15) is 0 Å². The average molecular weight is 230 g/mol. The molecule has 0 saturated carbocycles. The minimum absolute atomic E-state index is 0.550. The van der Waals surface area contributed by atoms with Gasteiger partial charge in [0.05, 0.1) is 18.1 Å².